The van der Waals surface area contributed by atoms with Crippen LogP contribution in [0.1, 0.15) is 94.9 Å². The van der Waals surface area contributed by atoms with Crippen molar-refractivity contribution in [1.82, 2.24) is 0 Å². The fraction of sp³-hybridized carbons (Fsp3) is 0.213. The number of fused-ring (bicyclic) bond motifs is 8. The third-order valence-corrected chi connectivity index (χ3v) is 14.6. The van der Waals surface area contributed by atoms with Crippen LogP contribution >= 0.6 is 0 Å². The first-order valence-electron chi connectivity index (χ1n) is 23.2. The summed E-state index contributed by atoms with van der Waals surface area (Å²) in [5, 5.41) is 0. The summed E-state index contributed by atoms with van der Waals surface area (Å²) in [7, 11) is 0. The Labute approximate surface area is 373 Å². The van der Waals surface area contributed by atoms with Crippen LogP contribution in [-0.4, -0.2) is 0 Å². The van der Waals surface area contributed by atoms with Gasteiger partial charge in [0.25, 0.3) is 0 Å². The fourth-order valence-electron chi connectivity index (χ4n) is 11.1. The average molecular weight is 818 g/mol. The molecule has 3 aliphatic rings. The average Bonchev–Trinajstić information content (AvgIpc) is 3.72. The van der Waals surface area contributed by atoms with Gasteiger partial charge in [0.2, 0.25) is 0 Å². The van der Waals surface area contributed by atoms with Crippen molar-refractivity contribution in [2.75, 3.05) is 4.90 Å². The molecule has 11 rings (SSSR count). The molecule has 1 aliphatic heterocycles. The standard InChI is InChI=1S/C61H55NO/c1-5-6-7-8-9-19-36-61(4)52-26-17-14-24-48(52)50-33-29-43(38-54(50)61)45-31-35-57-59(40-45)63-58-39-44(42-28-32-49-47-23-13-16-25-51(47)60(2,3)53(49)37-42)30-34-56(58)62(57)55-27-18-15-22-46(55)41-20-11-10-12-21-41/h10-18,20-35,37-40H,5-9,19,36H2,1-4H3. The maximum atomic E-state index is 7.12. The molecule has 8 aromatic rings. The Balaban J connectivity index is 1.00. The third kappa shape index (κ3) is 6.53. The molecular weight excluding hydrogens is 763 g/mol. The van der Waals surface area contributed by atoms with Gasteiger partial charge in [-0.25, -0.2) is 0 Å². The van der Waals surface area contributed by atoms with Crippen LogP contribution < -0.4 is 9.64 Å². The lowest BCUT2D eigenvalue weighted by molar-refractivity contribution is 0.477. The molecule has 0 radical (unpaired) electrons. The summed E-state index contributed by atoms with van der Waals surface area (Å²) in [4.78, 5) is 2.41. The Morgan fingerprint density at radius 3 is 1.56 bits per heavy atom. The summed E-state index contributed by atoms with van der Waals surface area (Å²) in [6, 6.07) is 65.2. The first-order chi connectivity index (χ1) is 30.8. The van der Waals surface area contributed by atoms with E-state index in [-0.39, 0.29) is 10.8 Å². The second-order valence-corrected chi connectivity index (χ2v) is 18.8. The monoisotopic (exact) mass is 817 g/mol. The van der Waals surface area contributed by atoms with E-state index >= 15 is 0 Å². The zero-order valence-electron chi connectivity index (χ0n) is 37.0. The van der Waals surface area contributed by atoms with Crippen molar-refractivity contribution < 1.29 is 4.74 Å². The van der Waals surface area contributed by atoms with Gasteiger partial charge in [-0.2, -0.15) is 0 Å². The maximum Gasteiger partial charge on any atom is 0.152 e. The van der Waals surface area contributed by atoms with Crippen LogP contribution in [-0.2, 0) is 10.8 Å². The van der Waals surface area contributed by atoms with E-state index in [1.807, 2.05) is 0 Å². The van der Waals surface area contributed by atoms with Gasteiger partial charge < -0.3 is 9.64 Å². The van der Waals surface area contributed by atoms with E-state index < -0.39 is 0 Å². The number of rotatable bonds is 11. The van der Waals surface area contributed by atoms with E-state index in [1.54, 1.807) is 0 Å². The zero-order valence-corrected chi connectivity index (χ0v) is 37.0. The van der Waals surface area contributed by atoms with E-state index in [2.05, 4.69) is 209 Å². The number of hydrogen-bond donors (Lipinski definition) is 0. The maximum absolute atomic E-state index is 7.12. The van der Waals surface area contributed by atoms with Crippen LogP contribution in [0.2, 0.25) is 0 Å². The van der Waals surface area contributed by atoms with Crippen LogP contribution in [0.5, 0.6) is 11.5 Å². The molecule has 0 fully saturated rings. The van der Waals surface area contributed by atoms with Crippen LogP contribution in [0.15, 0.2) is 176 Å². The lowest BCUT2D eigenvalue weighted by Gasteiger charge is -2.34. The smallest absolute Gasteiger partial charge is 0.152 e. The normalized spacial score (nSPS) is 16.0. The largest absolute Gasteiger partial charge is 0.453 e. The highest BCUT2D eigenvalue weighted by Gasteiger charge is 2.39. The summed E-state index contributed by atoms with van der Waals surface area (Å²) in [5.41, 5.74) is 21.2. The molecule has 0 bridgehead atoms. The Bertz CT molecular complexity index is 3030. The number of para-hydroxylation sites is 1. The number of unbranched alkanes of at least 4 members (excludes halogenated alkanes) is 5. The van der Waals surface area contributed by atoms with E-state index in [1.165, 1.54) is 105 Å². The molecule has 1 heterocycles. The molecule has 2 nitrogen and oxygen atoms in total. The van der Waals surface area contributed by atoms with Crippen molar-refractivity contribution in [2.24, 2.45) is 0 Å². The SMILES string of the molecule is CCCCCCCCC1(C)c2ccccc2-c2ccc(-c3ccc4c(c3)Oc3cc(-c5ccc6c(c5)C(C)(C)c5ccccc5-6)ccc3N4c3ccccc3-c3ccccc3)cc21. The van der Waals surface area contributed by atoms with Crippen LogP contribution in [0.3, 0.4) is 0 Å². The van der Waals surface area contributed by atoms with Crippen molar-refractivity contribution >= 4 is 17.1 Å². The summed E-state index contributed by atoms with van der Waals surface area (Å²) >= 11 is 0. The molecule has 8 aromatic carbocycles. The van der Waals surface area contributed by atoms with E-state index in [0.29, 0.717) is 0 Å². The molecule has 63 heavy (non-hydrogen) atoms. The molecule has 0 saturated carbocycles. The second-order valence-electron chi connectivity index (χ2n) is 18.8. The molecule has 0 saturated heterocycles. The Morgan fingerprint density at radius 2 is 0.873 bits per heavy atom. The third-order valence-electron chi connectivity index (χ3n) is 14.6. The predicted molar refractivity (Wildman–Crippen MR) is 265 cm³/mol. The first-order valence-corrected chi connectivity index (χ1v) is 23.2. The minimum atomic E-state index is -0.0774. The molecule has 0 aromatic heterocycles. The molecule has 2 aliphatic carbocycles. The van der Waals surface area contributed by atoms with Gasteiger partial charge >= 0.3 is 0 Å². The van der Waals surface area contributed by atoms with Crippen LogP contribution in [0, 0.1) is 0 Å². The molecule has 0 amide bonds. The molecular formula is C61H55NO. The van der Waals surface area contributed by atoms with Crippen molar-refractivity contribution in [2.45, 2.75) is 83.5 Å². The number of anilines is 3. The molecule has 1 unspecified atom stereocenters. The van der Waals surface area contributed by atoms with Gasteiger partial charge in [-0.05, 0) is 121 Å². The van der Waals surface area contributed by atoms with Crippen molar-refractivity contribution in [3.8, 4) is 67.1 Å². The summed E-state index contributed by atoms with van der Waals surface area (Å²) in [5.74, 6) is 1.70. The van der Waals surface area contributed by atoms with Gasteiger partial charge in [0, 0.05) is 16.4 Å². The van der Waals surface area contributed by atoms with Crippen molar-refractivity contribution in [1.29, 1.82) is 0 Å². The predicted octanol–water partition coefficient (Wildman–Crippen LogP) is 17.6. The van der Waals surface area contributed by atoms with Gasteiger partial charge in [0.1, 0.15) is 0 Å². The highest BCUT2D eigenvalue weighted by molar-refractivity contribution is 5.95. The molecule has 310 valence electrons. The first kappa shape index (κ1) is 39.2. The van der Waals surface area contributed by atoms with E-state index in [4.69, 9.17) is 4.74 Å². The van der Waals surface area contributed by atoms with Gasteiger partial charge in [-0.1, -0.05) is 200 Å². The van der Waals surface area contributed by atoms with Gasteiger partial charge in [-0.15, -0.1) is 0 Å². The number of ether oxygens (including phenoxy) is 1. The molecule has 0 spiro atoms. The van der Waals surface area contributed by atoms with Crippen molar-refractivity contribution in [3.05, 3.63) is 198 Å². The summed E-state index contributed by atoms with van der Waals surface area (Å²) in [6.45, 7) is 9.49. The quantitative estimate of drug-likeness (QED) is 0.121. The number of benzene rings is 8. The second kappa shape index (κ2) is 15.6. The number of nitrogens with zero attached hydrogens (tertiary/aromatic N) is 1. The minimum absolute atomic E-state index is 0.0275. The van der Waals surface area contributed by atoms with Crippen LogP contribution in [0.4, 0.5) is 17.1 Å². The van der Waals surface area contributed by atoms with Gasteiger partial charge in [0.05, 0.1) is 17.1 Å². The van der Waals surface area contributed by atoms with Crippen LogP contribution in [0.25, 0.3) is 55.6 Å². The molecule has 0 N–H and O–H groups in total. The summed E-state index contributed by atoms with van der Waals surface area (Å²) < 4.78 is 7.12. The minimum Gasteiger partial charge on any atom is -0.453 e. The van der Waals surface area contributed by atoms with E-state index in [0.717, 1.165) is 46.1 Å². The topological polar surface area (TPSA) is 12.5 Å². The Hall–Kier alpha value is -6.64. The van der Waals surface area contributed by atoms with E-state index in [9.17, 15) is 0 Å². The molecule has 2 heteroatoms. The summed E-state index contributed by atoms with van der Waals surface area (Å²) in [6.07, 6.45) is 8.97. The lowest BCUT2D eigenvalue weighted by atomic mass is 9.75. The lowest BCUT2D eigenvalue weighted by Crippen LogP contribution is -2.20. The van der Waals surface area contributed by atoms with Gasteiger partial charge in [0.15, 0.2) is 11.5 Å². The highest BCUT2D eigenvalue weighted by atomic mass is 16.5. The molecule has 1 atom stereocenters. The zero-order chi connectivity index (χ0) is 42.7. The Morgan fingerprint density at radius 1 is 0.381 bits per heavy atom. The highest BCUT2D eigenvalue weighted by Crippen LogP contribution is 2.56. The van der Waals surface area contributed by atoms with Gasteiger partial charge in [-0.3, -0.25) is 0 Å². The Kier molecular flexibility index (Phi) is 9.72. The fourth-order valence-corrected chi connectivity index (χ4v) is 11.1. The number of hydrogen-bond acceptors (Lipinski definition) is 2. The van der Waals surface area contributed by atoms with Crippen molar-refractivity contribution in [3.63, 3.8) is 0 Å².